The molecule has 0 radical (unpaired) electrons. The summed E-state index contributed by atoms with van der Waals surface area (Å²) in [6.07, 6.45) is 0. The molecule has 0 aromatic carbocycles. The van der Waals surface area contributed by atoms with Crippen LogP contribution in [0.3, 0.4) is 0 Å². The summed E-state index contributed by atoms with van der Waals surface area (Å²) in [5.74, 6) is 0. The summed E-state index contributed by atoms with van der Waals surface area (Å²) in [6.45, 7) is 0. The summed E-state index contributed by atoms with van der Waals surface area (Å²) < 4.78 is 37.8. The average Bonchev–Trinajstić information content (AvgIpc) is 1.35. The van der Waals surface area contributed by atoms with Crippen LogP contribution in [0.1, 0.15) is 0 Å². The summed E-state index contributed by atoms with van der Waals surface area (Å²) in [5, 5.41) is 0. The van der Waals surface area contributed by atoms with E-state index in [4.69, 9.17) is 13.0 Å². The Labute approximate surface area is 56.2 Å². The normalized spacial score (nSPS) is 10.0. The Bertz CT molecular complexity index is 117. The zero-order valence-corrected chi connectivity index (χ0v) is 5.32. The average molecular weight is 221 g/mol. The van der Waals surface area contributed by atoms with Gasteiger partial charge in [-0.05, 0) is 0 Å². The second-order valence-corrected chi connectivity index (χ2v) is 2.00. The largest absolute Gasteiger partial charge is 1.00 e. The Morgan fingerprint density at radius 1 is 1.57 bits per heavy atom. The number of rotatable bonds is 1. The standard InChI is InChI=1S/CH3FO3S.Ag/c2-1-6(3,4)5;/h1H2,(H,3,4,5);/q;+1/p-1. The van der Waals surface area contributed by atoms with Crippen LogP contribution in [0.5, 0.6) is 0 Å². The monoisotopic (exact) mass is 220 g/mol. The van der Waals surface area contributed by atoms with Crippen molar-refractivity contribution in [1.82, 2.24) is 0 Å². The van der Waals surface area contributed by atoms with Gasteiger partial charge in [0.2, 0.25) is 0 Å². The smallest absolute Gasteiger partial charge is 0.746 e. The minimum Gasteiger partial charge on any atom is -0.746 e. The first-order valence-corrected chi connectivity index (χ1v) is 2.63. The number of alkyl halides is 1. The van der Waals surface area contributed by atoms with Crippen molar-refractivity contribution >= 4 is 10.1 Å². The van der Waals surface area contributed by atoms with Crippen LogP contribution < -0.4 is 0 Å². The minimum absolute atomic E-state index is 0. The van der Waals surface area contributed by atoms with Crippen LogP contribution in [0.15, 0.2) is 0 Å². The van der Waals surface area contributed by atoms with Gasteiger partial charge in [0, 0.05) is 0 Å². The first kappa shape index (κ1) is 10.5. The molecule has 3 nitrogen and oxygen atoms in total. The van der Waals surface area contributed by atoms with E-state index in [1.54, 1.807) is 0 Å². The van der Waals surface area contributed by atoms with Gasteiger partial charge in [0.15, 0.2) is 6.01 Å². The molecule has 0 heterocycles. The molecule has 6 heteroatoms. The third-order valence-corrected chi connectivity index (χ3v) is 0.401. The van der Waals surface area contributed by atoms with Crippen LogP contribution in [0.4, 0.5) is 4.39 Å². The van der Waals surface area contributed by atoms with Gasteiger partial charge in [-0.3, -0.25) is 0 Å². The van der Waals surface area contributed by atoms with Crippen molar-refractivity contribution in [3.8, 4) is 0 Å². The summed E-state index contributed by atoms with van der Waals surface area (Å²) in [4.78, 5) is 0. The topological polar surface area (TPSA) is 57.2 Å². The van der Waals surface area contributed by atoms with Gasteiger partial charge < -0.3 is 4.55 Å². The molecule has 0 spiro atoms. The summed E-state index contributed by atoms with van der Waals surface area (Å²) in [5.41, 5.74) is 0. The van der Waals surface area contributed by atoms with Gasteiger partial charge in [-0.25, -0.2) is 12.8 Å². The van der Waals surface area contributed by atoms with Gasteiger partial charge in [-0.15, -0.1) is 0 Å². The third kappa shape index (κ3) is 10.8. The van der Waals surface area contributed by atoms with Crippen molar-refractivity contribution in [3.05, 3.63) is 0 Å². The Morgan fingerprint density at radius 3 is 1.71 bits per heavy atom. The first-order chi connectivity index (χ1) is 2.56. The molecule has 0 atom stereocenters. The van der Waals surface area contributed by atoms with E-state index in [1.807, 2.05) is 0 Å². The van der Waals surface area contributed by atoms with Crippen LogP contribution in [0.25, 0.3) is 0 Å². The van der Waals surface area contributed by atoms with Gasteiger partial charge in [-0.1, -0.05) is 0 Å². The molecule has 0 aliphatic rings. The summed E-state index contributed by atoms with van der Waals surface area (Å²) in [6, 6.07) is -1.81. The van der Waals surface area contributed by atoms with E-state index in [0.29, 0.717) is 0 Å². The van der Waals surface area contributed by atoms with Gasteiger partial charge in [0.25, 0.3) is 0 Å². The Kier molecular flexibility index (Phi) is 5.37. The molecular formula is CH2AgFO3S. The maximum absolute atomic E-state index is 10.6. The van der Waals surface area contributed by atoms with Crippen LogP contribution in [-0.4, -0.2) is 19.0 Å². The van der Waals surface area contributed by atoms with Crippen molar-refractivity contribution < 1.29 is 39.7 Å². The fourth-order valence-corrected chi connectivity index (χ4v) is 0. The Hall–Kier alpha value is 0.580. The zero-order valence-electron chi connectivity index (χ0n) is 3.02. The van der Waals surface area contributed by atoms with E-state index in [0.717, 1.165) is 0 Å². The molecule has 0 N–H and O–H groups in total. The Morgan fingerprint density at radius 2 is 1.71 bits per heavy atom. The van der Waals surface area contributed by atoms with Gasteiger partial charge in [0.1, 0.15) is 10.1 Å². The fourth-order valence-electron chi connectivity index (χ4n) is 0. The molecule has 0 bridgehead atoms. The number of hydrogen-bond donors (Lipinski definition) is 0. The second-order valence-electron chi connectivity index (χ2n) is 0.667. The summed E-state index contributed by atoms with van der Waals surface area (Å²) >= 11 is 0. The SMILES string of the molecule is O=S(=O)([O-])CF.[Ag+]. The molecular weight excluding hydrogens is 219 g/mol. The van der Waals surface area contributed by atoms with E-state index in [1.165, 1.54) is 0 Å². The molecule has 0 unspecified atom stereocenters. The number of halogens is 1. The molecule has 7 heavy (non-hydrogen) atoms. The van der Waals surface area contributed by atoms with Crippen LogP contribution in [-0.2, 0) is 32.5 Å². The van der Waals surface area contributed by atoms with Crippen molar-refractivity contribution in [2.75, 3.05) is 6.01 Å². The molecule has 0 amide bonds. The van der Waals surface area contributed by atoms with Crippen LogP contribution >= 0.6 is 0 Å². The van der Waals surface area contributed by atoms with Gasteiger partial charge >= 0.3 is 22.4 Å². The Balaban J connectivity index is 0. The van der Waals surface area contributed by atoms with E-state index in [-0.39, 0.29) is 22.4 Å². The second kappa shape index (κ2) is 3.57. The fraction of sp³-hybridized carbons (Fsp3) is 1.00. The minimum atomic E-state index is -4.58. The molecule has 0 aliphatic carbocycles. The molecule has 0 aromatic rings. The van der Waals surface area contributed by atoms with E-state index in [9.17, 15) is 4.39 Å². The predicted molar refractivity (Wildman–Crippen MR) is 15.7 cm³/mol. The molecule has 0 saturated heterocycles. The zero-order chi connectivity index (χ0) is 5.21. The maximum atomic E-state index is 10.6. The van der Waals surface area contributed by atoms with Crippen LogP contribution in [0.2, 0.25) is 0 Å². The van der Waals surface area contributed by atoms with E-state index < -0.39 is 16.1 Å². The molecule has 0 aromatic heterocycles. The first-order valence-electron chi connectivity index (χ1n) is 1.06. The van der Waals surface area contributed by atoms with Crippen molar-refractivity contribution in [1.29, 1.82) is 0 Å². The predicted octanol–water partition coefficient (Wildman–Crippen LogP) is -0.544. The molecule has 48 valence electrons. The molecule has 0 fully saturated rings. The summed E-state index contributed by atoms with van der Waals surface area (Å²) in [7, 11) is -4.58. The third-order valence-electron chi connectivity index (χ3n) is 0.134. The van der Waals surface area contributed by atoms with Crippen molar-refractivity contribution in [2.45, 2.75) is 0 Å². The van der Waals surface area contributed by atoms with Gasteiger partial charge in [0.05, 0.1) is 0 Å². The maximum Gasteiger partial charge on any atom is 1.00 e. The van der Waals surface area contributed by atoms with Gasteiger partial charge in [-0.2, -0.15) is 0 Å². The van der Waals surface area contributed by atoms with E-state index >= 15 is 0 Å². The van der Waals surface area contributed by atoms with E-state index in [2.05, 4.69) is 0 Å². The molecule has 0 aliphatic heterocycles. The van der Waals surface area contributed by atoms with Crippen LogP contribution in [0, 0.1) is 0 Å². The van der Waals surface area contributed by atoms with Crippen molar-refractivity contribution in [2.24, 2.45) is 0 Å². The van der Waals surface area contributed by atoms with Crippen molar-refractivity contribution in [3.63, 3.8) is 0 Å². The molecule has 0 saturated carbocycles. The molecule has 0 rings (SSSR count). The quantitative estimate of drug-likeness (QED) is 0.441. The number of hydrogen-bond acceptors (Lipinski definition) is 3.